The second-order valence-corrected chi connectivity index (χ2v) is 5.51. The van der Waals surface area contributed by atoms with Crippen molar-refractivity contribution in [2.24, 2.45) is 5.73 Å². The van der Waals surface area contributed by atoms with Crippen molar-refractivity contribution < 1.29 is 14.4 Å². The van der Waals surface area contributed by atoms with E-state index in [0.29, 0.717) is 24.1 Å². The topological polar surface area (TPSA) is 92.5 Å². The van der Waals surface area contributed by atoms with Gasteiger partial charge in [-0.1, -0.05) is 18.2 Å². The fourth-order valence-corrected chi connectivity index (χ4v) is 2.67. The maximum atomic E-state index is 12.4. The van der Waals surface area contributed by atoms with E-state index in [4.69, 9.17) is 5.73 Å². The number of hydrogen-bond acceptors (Lipinski definition) is 3. The number of benzene rings is 1. The Kier molecular flexibility index (Phi) is 5.14. The SMILES string of the molecule is CN(C(=O)Cc1ccccc1C(N)=O)C1CCCCNC1=O. The first kappa shape index (κ1) is 16.0. The molecule has 0 aromatic heterocycles. The molecule has 1 aliphatic rings. The van der Waals surface area contributed by atoms with Gasteiger partial charge >= 0.3 is 0 Å². The standard InChI is InChI=1S/C16H21N3O3/c1-19(13-8-4-5-9-18-16(13)22)14(20)10-11-6-2-3-7-12(11)15(17)21/h2-3,6-7,13H,4-5,8-10H2,1H3,(H2,17,21)(H,18,22). The maximum absolute atomic E-state index is 12.4. The Morgan fingerprint density at radius 3 is 2.77 bits per heavy atom. The monoisotopic (exact) mass is 303 g/mol. The van der Waals surface area contributed by atoms with Gasteiger partial charge in [0.2, 0.25) is 17.7 Å². The van der Waals surface area contributed by atoms with Gasteiger partial charge in [-0.3, -0.25) is 14.4 Å². The number of hydrogen-bond donors (Lipinski definition) is 2. The highest BCUT2D eigenvalue weighted by atomic mass is 16.2. The summed E-state index contributed by atoms with van der Waals surface area (Å²) in [6.07, 6.45) is 2.54. The smallest absolute Gasteiger partial charge is 0.248 e. The van der Waals surface area contributed by atoms with Crippen molar-refractivity contribution in [2.75, 3.05) is 13.6 Å². The zero-order chi connectivity index (χ0) is 16.1. The number of nitrogens with two attached hydrogens (primary N) is 1. The minimum absolute atomic E-state index is 0.0550. The minimum Gasteiger partial charge on any atom is -0.366 e. The third-order valence-corrected chi connectivity index (χ3v) is 3.99. The highest BCUT2D eigenvalue weighted by Crippen LogP contribution is 2.15. The van der Waals surface area contributed by atoms with E-state index in [-0.39, 0.29) is 18.2 Å². The Labute approximate surface area is 129 Å². The molecular formula is C16H21N3O3. The molecule has 0 saturated carbocycles. The summed E-state index contributed by atoms with van der Waals surface area (Å²) in [5.41, 5.74) is 6.25. The van der Waals surface area contributed by atoms with Gasteiger partial charge in [0.15, 0.2) is 0 Å². The molecule has 22 heavy (non-hydrogen) atoms. The third-order valence-electron chi connectivity index (χ3n) is 3.99. The lowest BCUT2D eigenvalue weighted by atomic mass is 10.0. The van der Waals surface area contributed by atoms with Crippen LogP contribution in [0, 0.1) is 0 Å². The molecule has 6 nitrogen and oxygen atoms in total. The van der Waals surface area contributed by atoms with Gasteiger partial charge in [-0.25, -0.2) is 0 Å². The van der Waals surface area contributed by atoms with Crippen LogP contribution in [0.4, 0.5) is 0 Å². The third kappa shape index (κ3) is 3.63. The van der Waals surface area contributed by atoms with Gasteiger partial charge < -0.3 is 16.0 Å². The molecular weight excluding hydrogens is 282 g/mol. The van der Waals surface area contributed by atoms with Crippen molar-refractivity contribution in [3.8, 4) is 0 Å². The van der Waals surface area contributed by atoms with Crippen molar-refractivity contribution in [3.63, 3.8) is 0 Å². The second-order valence-electron chi connectivity index (χ2n) is 5.51. The van der Waals surface area contributed by atoms with Crippen molar-refractivity contribution in [3.05, 3.63) is 35.4 Å². The Balaban J connectivity index is 2.11. The largest absolute Gasteiger partial charge is 0.366 e. The average molecular weight is 303 g/mol. The zero-order valence-corrected chi connectivity index (χ0v) is 12.7. The van der Waals surface area contributed by atoms with E-state index in [9.17, 15) is 14.4 Å². The predicted octanol–water partition coefficient (Wildman–Crippen LogP) is 0.455. The maximum Gasteiger partial charge on any atom is 0.248 e. The first-order chi connectivity index (χ1) is 10.5. The summed E-state index contributed by atoms with van der Waals surface area (Å²) in [7, 11) is 1.63. The van der Waals surface area contributed by atoms with Gasteiger partial charge in [-0.05, 0) is 30.9 Å². The predicted molar refractivity (Wildman–Crippen MR) is 82.1 cm³/mol. The molecule has 6 heteroatoms. The molecule has 1 aliphatic heterocycles. The van der Waals surface area contributed by atoms with Gasteiger partial charge in [0.1, 0.15) is 6.04 Å². The van der Waals surface area contributed by atoms with Gasteiger partial charge in [0.25, 0.3) is 0 Å². The van der Waals surface area contributed by atoms with E-state index in [1.165, 1.54) is 4.90 Å². The number of carbonyl (C=O) groups is 3. The molecule has 0 radical (unpaired) electrons. The summed E-state index contributed by atoms with van der Waals surface area (Å²) in [6.45, 7) is 0.655. The molecule has 0 bridgehead atoms. The Morgan fingerprint density at radius 1 is 1.32 bits per heavy atom. The summed E-state index contributed by atoms with van der Waals surface area (Å²) in [4.78, 5) is 37.3. The van der Waals surface area contributed by atoms with Crippen LogP contribution < -0.4 is 11.1 Å². The van der Waals surface area contributed by atoms with Gasteiger partial charge in [0.05, 0.1) is 6.42 Å². The van der Waals surface area contributed by atoms with Crippen molar-refractivity contribution >= 4 is 17.7 Å². The lowest BCUT2D eigenvalue weighted by molar-refractivity contribution is -0.138. The van der Waals surface area contributed by atoms with Crippen LogP contribution in [0.2, 0.25) is 0 Å². The highest BCUT2D eigenvalue weighted by Gasteiger charge is 2.28. The molecule has 1 aromatic rings. The van der Waals surface area contributed by atoms with E-state index < -0.39 is 11.9 Å². The molecule has 1 saturated heterocycles. The molecule has 1 unspecified atom stereocenters. The van der Waals surface area contributed by atoms with Crippen LogP contribution in [-0.4, -0.2) is 42.3 Å². The van der Waals surface area contributed by atoms with E-state index in [2.05, 4.69) is 5.32 Å². The van der Waals surface area contributed by atoms with Gasteiger partial charge in [-0.2, -0.15) is 0 Å². The number of rotatable bonds is 4. The van der Waals surface area contributed by atoms with Crippen molar-refractivity contribution in [2.45, 2.75) is 31.7 Å². The molecule has 2 rings (SSSR count). The number of primary amides is 1. The van der Waals surface area contributed by atoms with E-state index in [1.54, 1.807) is 31.3 Å². The Morgan fingerprint density at radius 2 is 2.05 bits per heavy atom. The summed E-state index contributed by atoms with van der Waals surface area (Å²) in [6, 6.07) is 6.32. The quantitative estimate of drug-likeness (QED) is 0.846. The fraction of sp³-hybridized carbons (Fsp3) is 0.438. The minimum atomic E-state index is -0.557. The highest BCUT2D eigenvalue weighted by molar-refractivity contribution is 5.96. The van der Waals surface area contributed by atoms with E-state index in [1.807, 2.05) is 0 Å². The number of nitrogens with zero attached hydrogens (tertiary/aromatic N) is 1. The van der Waals surface area contributed by atoms with Crippen LogP contribution in [0.15, 0.2) is 24.3 Å². The first-order valence-electron chi connectivity index (χ1n) is 7.42. The molecule has 3 N–H and O–H groups in total. The van der Waals surface area contributed by atoms with Crippen LogP contribution in [0.25, 0.3) is 0 Å². The van der Waals surface area contributed by atoms with Gasteiger partial charge in [0, 0.05) is 19.2 Å². The first-order valence-corrected chi connectivity index (χ1v) is 7.42. The summed E-state index contributed by atoms with van der Waals surface area (Å²) in [5.74, 6) is -0.870. The summed E-state index contributed by atoms with van der Waals surface area (Å²) >= 11 is 0. The molecule has 118 valence electrons. The Bertz CT molecular complexity index is 586. The van der Waals surface area contributed by atoms with Crippen LogP contribution in [0.1, 0.15) is 35.2 Å². The zero-order valence-electron chi connectivity index (χ0n) is 12.7. The van der Waals surface area contributed by atoms with Crippen LogP contribution in [0.3, 0.4) is 0 Å². The van der Waals surface area contributed by atoms with Crippen LogP contribution in [-0.2, 0) is 16.0 Å². The molecule has 0 spiro atoms. The summed E-state index contributed by atoms with van der Waals surface area (Å²) < 4.78 is 0. The molecule has 3 amide bonds. The van der Waals surface area contributed by atoms with Crippen LogP contribution in [0.5, 0.6) is 0 Å². The number of nitrogens with one attached hydrogen (secondary N) is 1. The number of amides is 3. The molecule has 1 heterocycles. The summed E-state index contributed by atoms with van der Waals surface area (Å²) in [5, 5.41) is 2.82. The molecule has 0 aliphatic carbocycles. The number of likely N-dealkylation sites (N-methyl/N-ethyl adjacent to an activating group) is 1. The fourth-order valence-electron chi connectivity index (χ4n) is 2.67. The van der Waals surface area contributed by atoms with Gasteiger partial charge in [-0.15, -0.1) is 0 Å². The Hall–Kier alpha value is -2.37. The van der Waals surface area contributed by atoms with Crippen molar-refractivity contribution in [1.82, 2.24) is 10.2 Å². The second kappa shape index (κ2) is 7.06. The average Bonchev–Trinajstić information content (AvgIpc) is 2.71. The molecule has 1 fully saturated rings. The number of carbonyl (C=O) groups excluding carboxylic acids is 3. The van der Waals surface area contributed by atoms with E-state index in [0.717, 1.165) is 12.8 Å². The lowest BCUT2D eigenvalue weighted by Crippen LogP contribution is -2.47. The van der Waals surface area contributed by atoms with Crippen molar-refractivity contribution in [1.29, 1.82) is 0 Å². The molecule has 1 atom stereocenters. The lowest BCUT2D eigenvalue weighted by Gasteiger charge is -2.26. The molecule has 1 aromatic carbocycles. The normalized spacial score (nSPS) is 18.2. The van der Waals surface area contributed by atoms with Crippen LogP contribution >= 0.6 is 0 Å². The van der Waals surface area contributed by atoms with E-state index >= 15 is 0 Å².